The van der Waals surface area contributed by atoms with E-state index in [9.17, 15) is 0 Å². The standard InChI is InChI=1S/C19H31N3O2/c1-14(2)6-7-15(3)22-19(20-4)21-13-16-8-9-17-18(12-16)24-11-5-10-23-17/h8-9,12,14-15H,5-7,10-11,13H2,1-4H3,(H2,20,21,22). The van der Waals surface area contributed by atoms with E-state index in [1.165, 1.54) is 6.42 Å². The second-order valence-electron chi connectivity index (χ2n) is 6.77. The second kappa shape index (κ2) is 9.40. The van der Waals surface area contributed by atoms with Gasteiger partial charge in [0.05, 0.1) is 13.2 Å². The van der Waals surface area contributed by atoms with Crippen molar-refractivity contribution in [1.29, 1.82) is 0 Å². The fourth-order valence-electron chi connectivity index (χ4n) is 2.59. The number of fused-ring (bicyclic) bond motifs is 1. The zero-order valence-electron chi connectivity index (χ0n) is 15.4. The van der Waals surface area contributed by atoms with Crippen LogP contribution in [0.5, 0.6) is 11.5 Å². The third kappa shape index (κ3) is 5.95. The summed E-state index contributed by atoms with van der Waals surface area (Å²) in [7, 11) is 1.80. The Labute approximate surface area is 145 Å². The lowest BCUT2D eigenvalue weighted by molar-refractivity contribution is 0.297. The van der Waals surface area contributed by atoms with Gasteiger partial charge in [-0.1, -0.05) is 19.9 Å². The minimum atomic E-state index is 0.405. The molecule has 0 fully saturated rings. The van der Waals surface area contributed by atoms with E-state index in [1.54, 1.807) is 7.05 Å². The predicted octanol–water partition coefficient (Wildman–Crippen LogP) is 3.34. The van der Waals surface area contributed by atoms with E-state index < -0.39 is 0 Å². The first kappa shape index (κ1) is 18.4. The highest BCUT2D eigenvalue weighted by atomic mass is 16.5. The number of ether oxygens (including phenoxy) is 2. The van der Waals surface area contributed by atoms with Crippen molar-refractivity contribution in [1.82, 2.24) is 10.6 Å². The smallest absolute Gasteiger partial charge is 0.191 e. The molecule has 2 N–H and O–H groups in total. The third-order valence-electron chi connectivity index (χ3n) is 4.06. The van der Waals surface area contributed by atoms with Crippen LogP contribution in [0.25, 0.3) is 0 Å². The number of benzene rings is 1. The molecule has 2 rings (SSSR count). The van der Waals surface area contributed by atoms with E-state index in [2.05, 4.69) is 42.5 Å². The van der Waals surface area contributed by atoms with Crippen LogP contribution >= 0.6 is 0 Å². The number of nitrogens with zero attached hydrogens (tertiary/aromatic N) is 1. The van der Waals surface area contributed by atoms with Crippen LogP contribution in [0, 0.1) is 5.92 Å². The van der Waals surface area contributed by atoms with Crippen molar-refractivity contribution in [2.75, 3.05) is 20.3 Å². The van der Waals surface area contributed by atoms with Gasteiger partial charge in [0.25, 0.3) is 0 Å². The van der Waals surface area contributed by atoms with Crippen molar-refractivity contribution in [2.45, 2.75) is 52.6 Å². The number of hydrogen-bond donors (Lipinski definition) is 2. The van der Waals surface area contributed by atoms with Crippen LogP contribution in [-0.4, -0.2) is 32.3 Å². The zero-order valence-corrected chi connectivity index (χ0v) is 15.4. The van der Waals surface area contributed by atoms with Gasteiger partial charge in [-0.2, -0.15) is 0 Å². The lowest BCUT2D eigenvalue weighted by Gasteiger charge is -2.19. The van der Waals surface area contributed by atoms with Crippen LogP contribution in [0.15, 0.2) is 23.2 Å². The Morgan fingerprint density at radius 3 is 2.58 bits per heavy atom. The maximum atomic E-state index is 5.74. The van der Waals surface area contributed by atoms with Crippen molar-refractivity contribution >= 4 is 5.96 Å². The first-order valence-electron chi connectivity index (χ1n) is 8.94. The topological polar surface area (TPSA) is 54.9 Å². The van der Waals surface area contributed by atoms with E-state index in [4.69, 9.17) is 9.47 Å². The van der Waals surface area contributed by atoms with Gasteiger partial charge in [-0.3, -0.25) is 4.99 Å². The molecule has 0 aliphatic carbocycles. The highest BCUT2D eigenvalue weighted by molar-refractivity contribution is 5.79. The van der Waals surface area contributed by atoms with E-state index in [1.807, 2.05) is 12.1 Å². The molecule has 0 bridgehead atoms. The summed E-state index contributed by atoms with van der Waals surface area (Å²) in [6.45, 7) is 8.83. The van der Waals surface area contributed by atoms with Gasteiger partial charge in [0.2, 0.25) is 0 Å². The maximum absolute atomic E-state index is 5.74. The third-order valence-corrected chi connectivity index (χ3v) is 4.06. The predicted molar refractivity (Wildman–Crippen MR) is 98.9 cm³/mol. The highest BCUT2D eigenvalue weighted by Gasteiger charge is 2.11. The normalized spacial score (nSPS) is 15.8. The molecule has 1 aromatic carbocycles. The number of guanidine groups is 1. The number of rotatable bonds is 6. The largest absolute Gasteiger partial charge is 0.490 e. The zero-order chi connectivity index (χ0) is 17.4. The summed E-state index contributed by atoms with van der Waals surface area (Å²) in [5.74, 6) is 3.23. The minimum absolute atomic E-state index is 0.405. The number of aliphatic imine (C=N–C) groups is 1. The van der Waals surface area contributed by atoms with Crippen molar-refractivity contribution in [2.24, 2.45) is 10.9 Å². The van der Waals surface area contributed by atoms with Gasteiger partial charge in [0.1, 0.15) is 0 Å². The summed E-state index contributed by atoms with van der Waals surface area (Å²) in [6, 6.07) is 6.50. The minimum Gasteiger partial charge on any atom is -0.490 e. The van der Waals surface area contributed by atoms with Crippen LogP contribution < -0.4 is 20.1 Å². The first-order valence-corrected chi connectivity index (χ1v) is 8.94. The molecule has 0 aromatic heterocycles. The SMILES string of the molecule is CN=C(NCc1ccc2c(c1)OCCCO2)NC(C)CCC(C)C. The molecule has 1 unspecified atom stereocenters. The van der Waals surface area contributed by atoms with Crippen LogP contribution in [-0.2, 0) is 6.54 Å². The number of nitrogens with one attached hydrogen (secondary N) is 2. The lowest BCUT2D eigenvalue weighted by atomic mass is 10.0. The molecule has 1 atom stereocenters. The Hall–Kier alpha value is -1.91. The van der Waals surface area contributed by atoms with Crippen LogP contribution in [0.2, 0.25) is 0 Å². The Kier molecular flexibility index (Phi) is 7.22. The summed E-state index contributed by atoms with van der Waals surface area (Å²) in [6.07, 6.45) is 3.28. The van der Waals surface area contributed by atoms with Crippen molar-refractivity contribution in [3.63, 3.8) is 0 Å². The summed E-state index contributed by atoms with van der Waals surface area (Å²) in [4.78, 5) is 4.31. The molecule has 1 heterocycles. The summed E-state index contributed by atoms with van der Waals surface area (Å²) in [5, 5.41) is 6.82. The molecule has 0 saturated carbocycles. The molecule has 0 spiro atoms. The van der Waals surface area contributed by atoms with E-state index in [0.29, 0.717) is 19.2 Å². The van der Waals surface area contributed by atoms with Crippen LogP contribution in [0.4, 0.5) is 0 Å². The molecule has 0 amide bonds. The van der Waals surface area contributed by atoms with Gasteiger partial charge in [0.15, 0.2) is 17.5 Å². The molecular weight excluding hydrogens is 302 g/mol. The van der Waals surface area contributed by atoms with Crippen molar-refractivity contribution in [3.8, 4) is 11.5 Å². The first-order chi connectivity index (χ1) is 11.6. The molecule has 1 aromatic rings. The Morgan fingerprint density at radius 2 is 1.88 bits per heavy atom. The maximum Gasteiger partial charge on any atom is 0.191 e. The van der Waals surface area contributed by atoms with Crippen LogP contribution in [0.3, 0.4) is 0 Å². The molecule has 0 saturated heterocycles. The molecular formula is C19H31N3O2. The van der Waals surface area contributed by atoms with Crippen molar-refractivity contribution < 1.29 is 9.47 Å². The molecule has 134 valence electrons. The van der Waals surface area contributed by atoms with E-state index >= 15 is 0 Å². The summed E-state index contributed by atoms with van der Waals surface area (Å²) < 4.78 is 11.4. The summed E-state index contributed by atoms with van der Waals surface area (Å²) in [5.41, 5.74) is 1.15. The van der Waals surface area contributed by atoms with Gasteiger partial charge in [-0.15, -0.1) is 0 Å². The number of hydrogen-bond acceptors (Lipinski definition) is 3. The fourth-order valence-corrected chi connectivity index (χ4v) is 2.59. The monoisotopic (exact) mass is 333 g/mol. The highest BCUT2D eigenvalue weighted by Crippen LogP contribution is 2.30. The molecule has 1 aliphatic heterocycles. The quantitative estimate of drug-likeness (QED) is 0.619. The average molecular weight is 333 g/mol. The van der Waals surface area contributed by atoms with E-state index in [0.717, 1.165) is 48.4 Å². The average Bonchev–Trinajstić information content (AvgIpc) is 2.81. The lowest BCUT2D eigenvalue weighted by Crippen LogP contribution is -2.41. The molecule has 5 heteroatoms. The van der Waals surface area contributed by atoms with E-state index in [-0.39, 0.29) is 0 Å². The van der Waals surface area contributed by atoms with Gasteiger partial charge in [-0.05, 0) is 43.4 Å². The Balaban J connectivity index is 1.85. The van der Waals surface area contributed by atoms with Gasteiger partial charge in [0, 0.05) is 26.1 Å². The van der Waals surface area contributed by atoms with Gasteiger partial charge in [-0.25, -0.2) is 0 Å². The van der Waals surface area contributed by atoms with Gasteiger partial charge >= 0.3 is 0 Å². The second-order valence-corrected chi connectivity index (χ2v) is 6.77. The van der Waals surface area contributed by atoms with Crippen molar-refractivity contribution in [3.05, 3.63) is 23.8 Å². The molecule has 0 radical (unpaired) electrons. The molecule has 1 aliphatic rings. The molecule has 24 heavy (non-hydrogen) atoms. The van der Waals surface area contributed by atoms with Crippen LogP contribution in [0.1, 0.15) is 45.6 Å². The van der Waals surface area contributed by atoms with Gasteiger partial charge < -0.3 is 20.1 Å². The Morgan fingerprint density at radius 1 is 1.12 bits per heavy atom. The summed E-state index contributed by atoms with van der Waals surface area (Å²) >= 11 is 0. The fraction of sp³-hybridized carbons (Fsp3) is 0.632. The molecule has 5 nitrogen and oxygen atoms in total. The Bertz CT molecular complexity index is 543.